The average molecular weight is 569 g/mol. The van der Waals surface area contributed by atoms with Crippen LogP contribution in [0.15, 0.2) is 78.9 Å². The molecule has 1 atom stereocenters. The van der Waals surface area contributed by atoms with Crippen molar-refractivity contribution in [3.8, 4) is 11.4 Å². The maximum atomic E-state index is 13.0. The highest BCUT2D eigenvalue weighted by Gasteiger charge is 2.30. The first kappa shape index (κ1) is 28.7. The molecule has 208 valence electrons. The van der Waals surface area contributed by atoms with Gasteiger partial charge in [0.2, 0.25) is 11.9 Å². The SMILES string of the molecule is CN(C)c1ccc(-c2nc(Nc3ccc(C(F)(F)F)cc3)nc(N[C@@H](CSCc3ccccc3)C(=O)O)n2)cc1. The molecule has 0 saturated heterocycles. The van der Waals surface area contributed by atoms with E-state index in [0.717, 1.165) is 23.4 Å². The van der Waals surface area contributed by atoms with Gasteiger partial charge in [0.05, 0.1) is 5.56 Å². The molecule has 0 spiro atoms. The summed E-state index contributed by atoms with van der Waals surface area (Å²) >= 11 is 1.45. The van der Waals surface area contributed by atoms with Gasteiger partial charge in [-0.2, -0.15) is 39.9 Å². The second-order valence-corrected chi connectivity index (χ2v) is 10.0. The summed E-state index contributed by atoms with van der Waals surface area (Å²) in [6.07, 6.45) is -4.46. The van der Waals surface area contributed by atoms with E-state index in [1.165, 1.54) is 23.9 Å². The fourth-order valence-corrected chi connectivity index (χ4v) is 4.61. The Morgan fingerprint density at radius 2 is 1.57 bits per heavy atom. The van der Waals surface area contributed by atoms with Gasteiger partial charge in [-0.1, -0.05) is 30.3 Å². The molecule has 0 aliphatic carbocycles. The van der Waals surface area contributed by atoms with Crippen molar-refractivity contribution in [3.63, 3.8) is 0 Å². The van der Waals surface area contributed by atoms with Crippen molar-refractivity contribution in [2.24, 2.45) is 0 Å². The number of carboxylic acid groups (broad SMARTS) is 1. The van der Waals surface area contributed by atoms with Crippen molar-refractivity contribution >= 4 is 41.0 Å². The van der Waals surface area contributed by atoms with Gasteiger partial charge in [-0.25, -0.2) is 4.79 Å². The van der Waals surface area contributed by atoms with Crippen molar-refractivity contribution < 1.29 is 23.1 Å². The zero-order valence-electron chi connectivity index (χ0n) is 21.7. The number of carboxylic acids is 1. The van der Waals surface area contributed by atoms with Crippen LogP contribution in [0.4, 0.5) is 36.4 Å². The molecule has 0 bridgehead atoms. The van der Waals surface area contributed by atoms with E-state index in [-0.39, 0.29) is 23.5 Å². The van der Waals surface area contributed by atoms with Crippen molar-refractivity contribution in [1.82, 2.24) is 15.0 Å². The molecule has 1 aromatic heterocycles. The van der Waals surface area contributed by atoms with E-state index < -0.39 is 23.8 Å². The molecule has 1 heterocycles. The Bertz CT molecular complexity index is 1420. The summed E-state index contributed by atoms with van der Waals surface area (Å²) < 4.78 is 38.9. The Kier molecular flexibility index (Phi) is 9.10. The highest BCUT2D eigenvalue weighted by atomic mass is 32.2. The number of nitrogens with one attached hydrogen (secondary N) is 2. The number of anilines is 4. The molecule has 3 N–H and O–H groups in total. The van der Waals surface area contributed by atoms with Crippen molar-refractivity contribution in [2.75, 3.05) is 35.4 Å². The van der Waals surface area contributed by atoms with Crippen LogP contribution in [0.2, 0.25) is 0 Å². The third-order valence-corrected chi connectivity index (χ3v) is 6.85. The number of aliphatic carboxylic acids is 1. The van der Waals surface area contributed by atoms with E-state index in [0.29, 0.717) is 17.0 Å². The van der Waals surface area contributed by atoms with Gasteiger partial charge in [-0.3, -0.25) is 0 Å². The summed E-state index contributed by atoms with van der Waals surface area (Å²) in [6.45, 7) is 0. The third-order valence-electron chi connectivity index (χ3n) is 5.74. The molecule has 0 radical (unpaired) electrons. The van der Waals surface area contributed by atoms with E-state index in [1.807, 2.05) is 73.6 Å². The largest absolute Gasteiger partial charge is 0.480 e. The van der Waals surface area contributed by atoms with Gasteiger partial charge in [-0.05, 0) is 54.1 Å². The molecule has 4 aromatic rings. The zero-order valence-corrected chi connectivity index (χ0v) is 22.5. The Balaban J connectivity index is 1.59. The Morgan fingerprint density at radius 1 is 0.925 bits per heavy atom. The molecule has 0 saturated carbocycles. The van der Waals surface area contributed by atoms with Crippen molar-refractivity contribution in [1.29, 1.82) is 0 Å². The number of thioether (sulfide) groups is 1. The van der Waals surface area contributed by atoms with Crippen LogP contribution in [-0.4, -0.2) is 51.9 Å². The van der Waals surface area contributed by atoms with Gasteiger partial charge in [0.15, 0.2) is 5.82 Å². The van der Waals surface area contributed by atoms with Crippen LogP contribution >= 0.6 is 11.8 Å². The zero-order chi connectivity index (χ0) is 28.7. The maximum Gasteiger partial charge on any atom is 0.416 e. The van der Waals surface area contributed by atoms with Crippen molar-refractivity contribution in [3.05, 3.63) is 90.0 Å². The minimum atomic E-state index is -4.46. The van der Waals surface area contributed by atoms with E-state index in [2.05, 4.69) is 25.6 Å². The lowest BCUT2D eigenvalue weighted by molar-refractivity contribution is -0.138. The number of carbonyl (C=O) groups is 1. The molecule has 12 heteroatoms. The van der Waals surface area contributed by atoms with Gasteiger partial charge in [0.1, 0.15) is 6.04 Å². The first-order valence-electron chi connectivity index (χ1n) is 12.2. The van der Waals surface area contributed by atoms with Crippen LogP contribution in [-0.2, 0) is 16.7 Å². The lowest BCUT2D eigenvalue weighted by atomic mass is 10.2. The number of nitrogens with zero attached hydrogens (tertiary/aromatic N) is 4. The molecule has 4 rings (SSSR count). The fraction of sp³-hybridized carbons (Fsp3) is 0.214. The summed E-state index contributed by atoms with van der Waals surface area (Å²) in [6, 6.07) is 20.5. The number of hydrogen-bond donors (Lipinski definition) is 3. The number of alkyl halides is 3. The molecule has 0 unspecified atom stereocenters. The van der Waals surface area contributed by atoms with Crippen LogP contribution in [0, 0.1) is 0 Å². The Labute approximate surface area is 233 Å². The van der Waals surface area contributed by atoms with E-state index in [9.17, 15) is 23.1 Å². The van der Waals surface area contributed by atoms with Gasteiger partial charge in [0, 0.05) is 42.5 Å². The predicted molar refractivity (Wildman–Crippen MR) is 152 cm³/mol. The van der Waals surface area contributed by atoms with E-state index >= 15 is 0 Å². The average Bonchev–Trinajstić information content (AvgIpc) is 2.93. The molecule has 3 aromatic carbocycles. The van der Waals surface area contributed by atoms with Gasteiger partial charge >= 0.3 is 12.1 Å². The normalized spacial score (nSPS) is 12.0. The number of rotatable bonds is 11. The molecular weight excluding hydrogens is 541 g/mol. The van der Waals surface area contributed by atoms with Gasteiger partial charge in [-0.15, -0.1) is 0 Å². The first-order chi connectivity index (χ1) is 19.1. The molecule has 0 aliphatic heterocycles. The monoisotopic (exact) mass is 568 g/mol. The van der Waals surface area contributed by atoms with Crippen LogP contribution in [0.1, 0.15) is 11.1 Å². The van der Waals surface area contributed by atoms with Crippen LogP contribution < -0.4 is 15.5 Å². The number of benzene rings is 3. The lowest BCUT2D eigenvalue weighted by Gasteiger charge is -2.16. The summed E-state index contributed by atoms with van der Waals surface area (Å²) in [5, 5.41) is 15.6. The fourth-order valence-electron chi connectivity index (χ4n) is 3.61. The van der Waals surface area contributed by atoms with Crippen LogP contribution in [0.25, 0.3) is 11.4 Å². The van der Waals surface area contributed by atoms with Crippen LogP contribution in [0.3, 0.4) is 0 Å². The molecule has 0 aliphatic rings. The molecule has 40 heavy (non-hydrogen) atoms. The second kappa shape index (κ2) is 12.7. The standard InChI is InChI=1S/C28H27F3N6O2S/c1-37(2)22-14-8-19(9-15-22)24-34-26(32-21-12-10-20(11-13-21)28(29,30)31)36-27(35-24)33-23(25(38)39)17-40-16-18-6-4-3-5-7-18/h3-15,23H,16-17H2,1-2H3,(H,38,39)(H2,32,33,34,35,36)/t23-/m0/s1. The van der Waals surface area contributed by atoms with Crippen LogP contribution in [0.5, 0.6) is 0 Å². The van der Waals surface area contributed by atoms with E-state index in [4.69, 9.17) is 0 Å². The number of aromatic nitrogens is 3. The highest BCUT2D eigenvalue weighted by molar-refractivity contribution is 7.98. The van der Waals surface area contributed by atoms with Crippen molar-refractivity contribution in [2.45, 2.75) is 18.0 Å². The minimum Gasteiger partial charge on any atom is -0.480 e. The number of halogens is 3. The topological polar surface area (TPSA) is 103 Å². The Hall–Kier alpha value is -4.32. The quantitative estimate of drug-likeness (QED) is 0.196. The molecular formula is C28H27F3N6O2S. The smallest absolute Gasteiger partial charge is 0.416 e. The number of hydrogen-bond acceptors (Lipinski definition) is 8. The molecule has 0 amide bonds. The van der Waals surface area contributed by atoms with Gasteiger partial charge < -0.3 is 20.6 Å². The second-order valence-electron chi connectivity index (χ2n) is 8.98. The molecule has 8 nitrogen and oxygen atoms in total. The predicted octanol–water partition coefficient (Wildman–Crippen LogP) is 6.17. The Morgan fingerprint density at radius 3 is 2.17 bits per heavy atom. The maximum absolute atomic E-state index is 13.0. The third kappa shape index (κ3) is 7.85. The highest BCUT2D eigenvalue weighted by Crippen LogP contribution is 2.30. The summed E-state index contributed by atoms with van der Waals surface area (Å²) in [5.41, 5.74) is 2.23. The van der Waals surface area contributed by atoms with E-state index in [1.54, 1.807) is 0 Å². The summed E-state index contributed by atoms with van der Waals surface area (Å²) in [5.74, 6) is 0.125. The van der Waals surface area contributed by atoms with Gasteiger partial charge in [0.25, 0.3) is 0 Å². The summed E-state index contributed by atoms with van der Waals surface area (Å²) in [7, 11) is 3.82. The molecule has 0 fully saturated rings. The summed E-state index contributed by atoms with van der Waals surface area (Å²) in [4.78, 5) is 27.2. The lowest BCUT2D eigenvalue weighted by Crippen LogP contribution is -2.32. The first-order valence-corrected chi connectivity index (χ1v) is 13.3. The minimum absolute atomic E-state index is 0.0174.